The van der Waals surface area contributed by atoms with Crippen LogP contribution in [0.2, 0.25) is 0 Å². The number of hydrogen-bond donors (Lipinski definition) is 1. The standard InChI is InChI=1S/C11H16N4O2/c1-3-14(2)9-4-5-12-11(13-9)15-6-8(7-15)10(16)17/h4-5,8H,3,6-7H2,1-2H3,(H,16,17). The molecule has 2 rings (SSSR count). The predicted molar refractivity (Wildman–Crippen MR) is 64.3 cm³/mol. The Bertz CT molecular complexity index is 418. The van der Waals surface area contributed by atoms with Gasteiger partial charge in [0.15, 0.2) is 0 Å². The predicted octanol–water partition coefficient (Wildman–Crippen LogP) is 0.453. The van der Waals surface area contributed by atoms with Crippen molar-refractivity contribution in [3.63, 3.8) is 0 Å². The minimum atomic E-state index is -0.747. The molecule has 92 valence electrons. The first kappa shape index (κ1) is 11.6. The molecule has 0 aliphatic carbocycles. The van der Waals surface area contributed by atoms with Crippen molar-refractivity contribution >= 4 is 17.7 Å². The van der Waals surface area contributed by atoms with Crippen molar-refractivity contribution in [1.82, 2.24) is 9.97 Å². The van der Waals surface area contributed by atoms with E-state index < -0.39 is 5.97 Å². The van der Waals surface area contributed by atoms with Crippen LogP contribution in [0.15, 0.2) is 12.3 Å². The molecule has 1 N–H and O–H groups in total. The van der Waals surface area contributed by atoms with E-state index in [1.54, 1.807) is 6.20 Å². The maximum atomic E-state index is 10.7. The van der Waals surface area contributed by atoms with Gasteiger partial charge in [0.25, 0.3) is 0 Å². The molecule has 6 heteroatoms. The quantitative estimate of drug-likeness (QED) is 0.818. The lowest BCUT2D eigenvalue weighted by atomic mass is 10.0. The molecule has 0 saturated carbocycles. The number of carbonyl (C=O) groups is 1. The van der Waals surface area contributed by atoms with Crippen LogP contribution in [0.4, 0.5) is 11.8 Å². The van der Waals surface area contributed by atoms with E-state index in [1.165, 1.54) is 0 Å². The molecule has 0 radical (unpaired) electrons. The lowest BCUT2D eigenvalue weighted by Gasteiger charge is -2.36. The molecule has 1 aromatic rings. The zero-order valence-electron chi connectivity index (χ0n) is 10.00. The Hall–Kier alpha value is -1.85. The third-order valence-corrected chi connectivity index (χ3v) is 3.01. The van der Waals surface area contributed by atoms with E-state index in [4.69, 9.17) is 5.11 Å². The van der Waals surface area contributed by atoms with E-state index in [0.29, 0.717) is 19.0 Å². The second-order valence-corrected chi connectivity index (χ2v) is 4.17. The summed E-state index contributed by atoms with van der Waals surface area (Å²) in [6.45, 7) is 3.91. The summed E-state index contributed by atoms with van der Waals surface area (Å²) in [6.07, 6.45) is 1.71. The summed E-state index contributed by atoms with van der Waals surface area (Å²) in [7, 11) is 1.96. The fraction of sp³-hybridized carbons (Fsp3) is 0.545. The van der Waals surface area contributed by atoms with Gasteiger partial charge in [-0.05, 0) is 13.0 Å². The van der Waals surface area contributed by atoms with Crippen LogP contribution >= 0.6 is 0 Å². The van der Waals surface area contributed by atoms with Gasteiger partial charge in [-0.1, -0.05) is 0 Å². The Morgan fingerprint density at radius 1 is 1.65 bits per heavy atom. The van der Waals surface area contributed by atoms with E-state index in [9.17, 15) is 4.79 Å². The van der Waals surface area contributed by atoms with E-state index in [0.717, 1.165) is 12.4 Å². The van der Waals surface area contributed by atoms with Gasteiger partial charge in [-0.15, -0.1) is 0 Å². The van der Waals surface area contributed by atoms with Gasteiger partial charge in [-0.3, -0.25) is 4.79 Å². The first-order chi connectivity index (χ1) is 8.11. The first-order valence-corrected chi connectivity index (χ1v) is 5.63. The molecule has 1 aromatic heterocycles. The number of hydrogen-bond acceptors (Lipinski definition) is 5. The normalized spacial score (nSPS) is 15.5. The third kappa shape index (κ3) is 2.30. The largest absolute Gasteiger partial charge is 0.481 e. The molecule has 0 atom stereocenters. The van der Waals surface area contributed by atoms with Gasteiger partial charge in [0.2, 0.25) is 5.95 Å². The van der Waals surface area contributed by atoms with Crippen LogP contribution in [-0.4, -0.2) is 47.7 Å². The molecule has 17 heavy (non-hydrogen) atoms. The molecule has 2 heterocycles. The van der Waals surface area contributed by atoms with E-state index in [1.807, 2.05) is 29.8 Å². The highest BCUT2D eigenvalue weighted by molar-refractivity contribution is 5.73. The minimum absolute atomic E-state index is 0.286. The van der Waals surface area contributed by atoms with Crippen molar-refractivity contribution in [2.75, 3.05) is 36.5 Å². The van der Waals surface area contributed by atoms with Crippen LogP contribution in [0.5, 0.6) is 0 Å². The maximum absolute atomic E-state index is 10.7. The van der Waals surface area contributed by atoms with Gasteiger partial charge >= 0.3 is 5.97 Å². The van der Waals surface area contributed by atoms with Gasteiger partial charge in [0.05, 0.1) is 5.92 Å². The Labute approximate surface area is 99.9 Å². The number of anilines is 2. The van der Waals surface area contributed by atoms with E-state index >= 15 is 0 Å². The monoisotopic (exact) mass is 236 g/mol. The molecular weight excluding hydrogens is 220 g/mol. The van der Waals surface area contributed by atoms with Gasteiger partial charge in [-0.25, -0.2) is 4.98 Å². The molecular formula is C11H16N4O2. The number of carboxylic acids is 1. The highest BCUT2D eigenvalue weighted by atomic mass is 16.4. The average molecular weight is 236 g/mol. The molecule has 0 bridgehead atoms. The SMILES string of the molecule is CCN(C)c1ccnc(N2CC(C(=O)O)C2)n1. The second kappa shape index (κ2) is 4.57. The fourth-order valence-electron chi connectivity index (χ4n) is 1.66. The second-order valence-electron chi connectivity index (χ2n) is 4.17. The maximum Gasteiger partial charge on any atom is 0.310 e. The Kier molecular flexibility index (Phi) is 3.12. The van der Waals surface area contributed by atoms with Crippen LogP contribution in [0.1, 0.15) is 6.92 Å². The van der Waals surface area contributed by atoms with Gasteiger partial charge in [0.1, 0.15) is 5.82 Å². The molecule has 0 aromatic carbocycles. The molecule has 0 spiro atoms. The van der Waals surface area contributed by atoms with Crippen LogP contribution < -0.4 is 9.80 Å². The summed E-state index contributed by atoms with van der Waals surface area (Å²) < 4.78 is 0. The third-order valence-electron chi connectivity index (χ3n) is 3.01. The van der Waals surface area contributed by atoms with Crippen LogP contribution in [0.3, 0.4) is 0 Å². The summed E-state index contributed by atoms with van der Waals surface area (Å²) in [6, 6.07) is 1.85. The van der Waals surface area contributed by atoms with Crippen molar-refractivity contribution in [3.8, 4) is 0 Å². The zero-order valence-corrected chi connectivity index (χ0v) is 10.00. The molecule has 1 fully saturated rings. The topological polar surface area (TPSA) is 69.6 Å². The Balaban J connectivity index is 2.06. The zero-order chi connectivity index (χ0) is 12.4. The van der Waals surface area contributed by atoms with Crippen molar-refractivity contribution in [1.29, 1.82) is 0 Å². The van der Waals surface area contributed by atoms with Crippen LogP contribution in [-0.2, 0) is 4.79 Å². The highest BCUT2D eigenvalue weighted by Crippen LogP contribution is 2.22. The Morgan fingerprint density at radius 2 is 2.35 bits per heavy atom. The lowest BCUT2D eigenvalue weighted by Crippen LogP contribution is -2.51. The van der Waals surface area contributed by atoms with Crippen LogP contribution in [0, 0.1) is 5.92 Å². The molecule has 1 aliphatic rings. The van der Waals surface area contributed by atoms with Crippen molar-refractivity contribution in [2.45, 2.75) is 6.92 Å². The molecule has 0 unspecified atom stereocenters. The summed E-state index contributed by atoms with van der Waals surface area (Å²) in [5.41, 5.74) is 0. The average Bonchev–Trinajstić information content (AvgIpc) is 2.26. The van der Waals surface area contributed by atoms with Gasteiger partial charge in [0, 0.05) is 32.9 Å². The summed E-state index contributed by atoms with van der Waals surface area (Å²) in [4.78, 5) is 23.2. The van der Waals surface area contributed by atoms with Gasteiger partial charge in [-0.2, -0.15) is 4.98 Å². The number of aromatic nitrogens is 2. The number of carboxylic acid groups (broad SMARTS) is 1. The molecule has 0 amide bonds. The van der Waals surface area contributed by atoms with E-state index in [2.05, 4.69) is 9.97 Å². The highest BCUT2D eigenvalue weighted by Gasteiger charge is 2.34. The summed E-state index contributed by atoms with van der Waals surface area (Å²) in [5.74, 6) is 0.436. The van der Waals surface area contributed by atoms with Gasteiger partial charge < -0.3 is 14.9 Å². The van der Waals surface area contributed by atoms with Crippen molar-refractivity contribution < 1.29 is 9.90 Å². The van der Waals surface area contributed by atoms with Crippen molar-refractivity contribution in [2.24, 2.45) is 5.92 Å². The minimum Gasteiger partial charge on any atom is -0.481 e. The lowest BCUT2D eigenvalue weighted by molar-refractivity contribution is -0.142. The van der Waals surface area contributed by atoms with Crippen molar-refractivity contribution in [3.05, 3.63) is 12.3 Å². The summed E-state index contributed by atoms with van der Waals surface area (Å²) in [5, 5.41) is 8.80. The number of aliphatic carboxylic acids is 1. The smallest absolute Gasteiger partial charge is 0.310 e. The van der Waals surface area contributed by atoms with Crippen LogP contribution in [0.25, 0.3) is 0 Å². The summed E-state index contributed by atoms with van der Waals surface area (Å²) >= 11 is 0. The first-order valence-electron chi connectivity index (χ1n) is 5.63. The fourth-order valence-corrected chi connectivity index (χ4v) is 1.66. The number of rotatable bonds is 4. The molecule has 1 aliphatic heterocycles. The van der Waals surface area contributed by atoms with E-state index in [-0.39, 0.29) is 5.92 Å². The molecule has 6 nitrogen and oxygen atoms in total. The Morgan fingerprint density at radius 3 is 2.94 bits per heavy atom. The number of nitrogens with zero attached hydrogens (tertiary/aromatic N) is 4. The molecule has 1 saturated heterocycles.